The molecule has 1 aliphatic heterocycles. The molecule has 0 spiro atoms. The average Bonchev–Trinajstić information content (AvgIpc) is 2.63. The van der Waals surface area contributed by atoms with Crippen LogP contribution in [-0.4, -0.2) is 43.1 Å². The maximum Gasteiger partial charge on any atom is 0.254 e. The van der Waals surface area contributed by atoms with Crippen LogP contribution in [0.2, 0.25) is 0 Å². The number of carbonyl (C=O) groups is 1. The van der Waals surface area contributed by atoms with E-state index in [-0.39, 0.29) is 24.4 Å². The minimum atomic E-state index is 0. The summed E-state index contributed by atoms with van der Waals surface area (Å²) < 4.78 is 5.93. The van der Waals surface area contributed by atoms with Gasteiger partial charge in [-0.05, 0) is 37.5 Å². The average molecular weight is 367 g/mol. The molecule has 0 radical (unpaired) electrons. The number of rotatable bonds is 5. The topological polar surface area (TPSA) is 41.6 Å². The van der Waals surface area contributed by atoms with E-state index in [4.69, 9.17) is 4.74 Å². The summed E-state index contributed by atoms with van der Waals surface area (Å²) in [6.07, 6.45) is 7.97. The van der Waals surface area contributed by atoms with Gasteiger partial charge in [0.1, 0.15) is 5.75 Å². The highest BCUT2D eigenvalue weighted by molar-refractivity contribution is 5.94. The predicted molar refractivity (Wildman–Crippen MR) is 104 cm³/mol. The van der Waals surface area contributed by atoms with Crippen LogP contribution in [0.15, 0.2) is 24.3 Å². The molecular weight excluding hydrogens is 336 g/mol. The van der Waals surface area contributed by atoms with Crippen molar-refractivity contribution in [2.45, 2.75) is 51.5 Å². The zero-order chi connectivity index (χ0) is 16.8. The van der Waals surface area contributed by atoms with Crippen molar-refractivity contribution in [3.8, 4) is 5.75 Å². The van der Waals surface area contributed by atoms with E-state index >= 15 is 0 Å². The number of nitrogens with zero attached hydrogens (tertiary/aromatic N) is 1. The number of nitrogens with one attached hydrogen (secondary N) is 1. The molecule has 1 saturated heterocycles. The summed E-state index contributed by atoms with van der Waals surface area (Å²) in [7, 11) is 0. The fraction of sp³-hybridized carbons (Fsp3) is 0.650. The molecule has 1 heterocycles. The maximum atomic E-state index is 12.7. The van der Waals surface area contributed by atoms with Gasteiger partial charge < -0.3 is 15.0 Å². The molecule has 0 aromatic heterocycles. The molecule has 1 saturated carbocycles. The number of amides is 1. The van der Waals surface area contributed by atoms with E-state index in [1.807, 2.05) is 29.2 Å². The van der Waals surface area contributed by atoms with E-state index in [9.17, 15) is 4.79 Å². The van der Waals surface area contributed by atoms with Crippen molar-refractivity contribution in [3.63, 3.8) is 0 Å². The van der Waals surface area contributed by atoms with Gasteiger partial charge in [0.2, 0.25) is 0 Å². The van der Waals surface area contributed by atoms with E-state index in [1.165, 1.54) is 32.1 Å². The van der Waals surface area contributed by atoms with Crippen LogP contribution < -0.4 is 10.1 Å². The molecule has 3 rings (SSSR count). The second-order valence-electron chi connectivity index (χ2n) is 7.22. The third-order valence-electron chi connectivity index (χ3n) is 5.36. The van der Waals surface area contributed by atoms with Crippen LogP contribution in [0.4, 0.5) is 0 Å². The molecule has 1 unspecified atom stereocenters. The van der Waals surface area contributed by atoms with Crippen molar-refractivity contribution in [1.82, 2.24) is 10.2 Å². The van der Waals surface area contributed by atoms with Crippen LogP contribution >= 0.6 is 12.4 Å². The quantitative estimate of drug-likeness (QED) is 0.859. The van der Waals surface area contributed by atoms with Gasteiger partial charge in [-0.15, -0.1) is 12.4 Å². The minimum absolute atomic E-state index is 0. The lowest BCUT2D eigenvalue weighted by molar-refractivity contribution is 0.0655. The minimum Gasteiger partial charge on any atom is -0.494 e. The number of hydrogen-bond donors (Lipinski definition) is 1. The molecule has 1 atom stereocenters. The van der Waals surface area contributed by atoms with Crippen LogP contribution in [0.3, 0.4) is 0 Å². The first-order valence-electron chi connectivity index (χ1n) is 9.48. The van der Waals surface area contributed by atoms with Crippen LogP contribution in [0.25, 0.3) is 0 Å². The van der Waals surface area contributed by atoms with Crippen LogP contribution in [0.5, 0.6) is 5.75 Å². The maximum absolute atomic E-state index is 12.7. The third-order valence-corrected chi connectivity index (χ3v) is 5.36. The third kappa shape index (κ3) is 5.61. The molecule has 5 heteroatoms. The fourth-order valence-electron chi connectivity index (χ4n) is 3.85. The molecule has 25 heavy (non-hydrogen) atoms. The summed E-state index contributed by atoms with van der Waals surface area (Å²) in [5, 5.41) is 3.32. The first-order valence-corrected chi connectivity index (χ1v) is 9.48. The van der Waals surface area contributed by atoms with Gasteiger partial charge in [-0.1, -0.05) is 38.2 Å². The Hall–Kier alpha value is -1.26. The first-order chi connectivity index (χ1) is 11.7. The van der Waals surface area contributed by atoms with E-state index in [2.05, 4.69) is 12.2 Å². The number of carbonyl (C=O) groups excluding carboxylic acids is 1. The van der Waals surface area contributed by atoms with Crippen LogP contribution in [0, 0.1) is 5.92 Å². The fourth-order valence-corrected chi connectivity index (χ4v) is 3.85. The SMILES string of the molecule is CC1CNCCN1C(=O)c1cccc(OCCC2CCCCC2)c1.Cl. The predicted octanol–water partition coefficient (Wildman–Crippen LogP) is 3.89. The van der Waals surface area contributed by atoms with Gasteiger partial charge in [-0.2, -0.15) is 0 Å². The van der Waals surface area contributed by atoms with E-state index < -0.39 is 0 Å². The zero-order valence-electron chi connectivity index (χ0n) is 15.2. The van der Waals surface area contributed by atoms with Gasteiger partial charge in [0.25, 0.3) is 5.91 Å². The lowest BCUT2D eigenvalue weighted by Gasteiger charge is -2.34. The van der Waals surface area contributed by atoms with E-state index in [1.54, 1.807) is 0 Å². The molecule has 2 aliphatic rings. The highest BCUT2D eigenvalue weighted by atomic mass is 35.5. The van der Waals surface area contributed by atoms with Crippen molar-refractivity contribution in [2.24, 2.45) is 5.92 Å². The highest BCUT2D eigenvalue weighted by Crippen LogP contribution is 2.26. The Morgan fingerprint density at radius 3 is 2.84 bits per heavy atom. The van der Waals surface area contributed by atoms with Crippen molar-refractivity contribution in [1.29, 1.82) is 0 Å². The van der Waals surface area contributed by atoms with Gasteiger partial charge in [-0.25, -0.2) is 0 Å². The second kappa shape index (κ2) is 10.0. The Bertz CT molecular complexity index is 546. The summed E-state index contributed by atoms with van der Waals surface area (Å²) in [4.78, 5) is 14.7. The van der Waals surface area contributed by atoms with Crippen LogP contribution in [-0.2, 0) is 0 Å². The summed E-state index contributed by atoms with van der Waals surface area (Å²) in [5.41, 5.74) is 0.735. The first kappa shape index (κ1) is 20.1. The smallest absolute Gasteiger partial charge is 0.254 e. The van der Waals surface area contributed by atoms with Gasteiger partial charge >= 0.3 is 0 Å². The summed E-state index contributed by atoms with van der Waals surface area (Å²) >= 11 is 0. The molecule has 4 nitrogen and oxygen atoms in total. The lowest BCUT2D eigenvalue weighted by atomic mass is 9.87. The Labute approximate surface area is 157 Å². The molecule has 1 aliphatic carbocycles. The summed E-state index contributed by atoms with van der Waals surface area (Å²) in [6, 6.07) is 7.92. The van der Waals surface area contributed by atoms with Crippen LogP contribution in [0.1, 0.15) is 55.8 Å². The largest absolute Gasteiger partial charge is 0.494 e. The van der Waals surface area contributed by atoms with E-state index in [0.29, 0.717) is 0 Å². The number of benzene rings is 1. The van der Waals surface area contributed by atoms with Gasteiger partial charge in [-0.3, -0.25) is 4.79 Å². The zero-order valence-corrected chi connectivity index (χ0v) is 16.0. The molecule has 1 N–H and O–H groups in total. The molecule has 1 aromatic rings. The molecule has 1 amide bonds. The van der Waals surface area contributed by atoms with E-state index in [0.717, 1.165) is 49.9 Å². The molecule has 0 bridgehead atoms. The highest BCUT2D eigenvalue weighted by Gasteiger charge is 2.24. The monoisotopic (exact) mass is 366 g/mol. The molecule has 2 fully saturated rings. The van der Waals surface area contributed by atoms with Crippen molar-refractivity contribution in [2.75, 3.05) is 26.2 Å². The molecular formula is C20H31ClN2O2. The molecule has 1 aromatic carbocycles. The van der Waals surface area contributed by atoms with Gasteiger partial charge in [0.05, 0.1) is 6.61 Å². The lowest BCUT2D eigenvalue weighted by Crippen LogP contribution is -2.52. The molecule has 140 valence electrons. The Morgan fingerprint density at radius 2 is 2.08 bits per heavy atom. The van der Waals surface area contributed by atoms with Crippen molar-refractivity contribution in [3.05, 3.63) is 29.8 Å². The number of hydrogen-bond acceptors (Lipinski definition) is 3. The second-order valence-corrected chi connectivity index (χ2v) is 7.22. The Balaban J connectivity index is 0.00000225. The summed E-state index contributed by atoms with van der Waals surface area (Å²) in [6.45, 7) is 5.35. The normalized spacial score (nSPS) is 21.5. The number of halogens is 1. The number of ether oxygens (including phenoxy) is 1. The number of piperazine rings is 1. The standard InChI is InChI=1S/C20H30N2O2.ClH/c1-16-15-21-11-12-22(16)20(23)18-8-5-9-19(14-18)24-13-10-17-6-3-2-4-7-17;/h5,8-9,14,16-17,21H,2-4,6-7,10-13,15H2,1H3;1H. The Kier molecular flexibility index (Phi) is 8.04. The Morgan fingerprint density at radius 1 is 1.28 bits per heavy atom. The summed E-state index contributed by atoms with van der Waals surface area (Å²) in [5.74, 6) is 1.76. The van der Waals surface area contributed by atoms with Gasteiger partial charge in [0.15, 0.2) is 0 Å². The van der Waals surface area contributed by atoms with Crippen molar-refractivity contribution >= 4 is 18.3 Å². The van der Waals surface area contributed by atoms with Gasteiger partial charge in [0, 0.05) is 31.2 Å². The van der Waals surface area contributed by atoms with Crippen molar-refractivity contribution < 1.29 is 9.53 Å².